The van der Waals surface area contributed by atoms with Crippen LogP contribution in [0.25, 0.3) is 0 Å². The fraction of sp³-hybridized carbons (Fsp3) is 0.571. The molecule has 1 aromatic carbocycles. The van der Waals surface area contributed by atoms with Crippen LogP contribution < -0.4 is 5.73 Å². The van der Waals surface area contributed by atoms with Gasteiger partial charge in [0.25, 0.3) is 0 Å². The van der Waals surface area contributed by atoms with Crippen LogP contribution in [0.15, 0.2) is 24.3 Å². The molecule has 2 aliphatic rings. The minimum atomic E-state index is 0.0209. The van der Waals surface area contributed by atoms with E-state index in [-0.39, 0.29) is 18.2 Å². The maximum atomic E-state index is 6.21. The van der Waals surface area contributed by atoms with Crippen molar-refractivity contribution < 1.29 is 9.47 Å². The van der Waals surface area contributed by atoms with Gasteiger partial charge in [0.2, 0.25) is 0 Å². The molecule has 3 heteroatoms. The maximum Gasteiger partial charge on any atom is 0.0809 e. The predicted molar refractivity (Wildman–Crippen MR) is 65.8 cm³/mol. The first-order valence-corrected chi connectivity index (χ1v) is 6.41. The zero-order chi connectivity index (χ0) is 11.7. The van der Waals surface area contributed by atoms with Gasteiger partial charge in [-0.25, -0.2) is 0 Å². The lowest BCUT2D eigenvalue weighted by atomic mass is 10.1. The fourth-order valence-corrected chi connectivity index (χ4v) is 2.76. The third-order valence-corrected chi connectivity index (χ3v) is 3.76. The van der Waals surface area contributed by atoms with E-state index in [9.17, 15) is 0 Å². The lowest BCUT2D eigenvalue weighted by Gasteiger charge is -2.19. The summed E-state index contributed by atoms with van der Waals surface area (Å²) in [6.07, 6.45) is 3.62. The molecule has 3 nitrogen and oxygen atoms in total. The highest BCUT2D eigenvalue weighted by molar-refractivity contribution is 5.36. The third-order valence-electron chi connectivity index (χ3n) is 3.76. The van der Waals surface area contributed by atoms with Gasteiger partial charge in [0.05, 0.1) is 24.9 Å². The van der Waals surface area contributed by atoms with Gasteiger partial charge in [-0.3, -0.25) is 0 Å². The van der Waals surface area contributed by atoms with Crippen LogP contribution in [0.2, 0.25) is 0 Å². The molecule has 0 saturated carbocycles. The smallest absolute Gasteiger partial charge is 0.0809 e. The van der Waals surface area contributed by atoms with Crippen molar-refractivity contribution in [3.63, 3.8) is 0 Å². The van der Waals surface area contributed by atoms with E-state index in [0.29, 0.717) is 6.61 Å². The monoisotopic (exact) mass is 233 g/mol. The van der Waals surface area contributed by atoms with Crippen molar-refractivity contribution >= 4 is 0 Å². The van der Waals surface area contributed by atoms with E-state index in [0.717, 1.165) is 25.9 Å². The largest absolute Gasteiger partial charge is 0.376 e. The highest BCUT2D eigenvalue weighted by Crippen LogP contribution is 2.31. The van der Waals surface area contributed by atoms with Crippen LogP contribution in [0.4, 0.5) is 0 Å². The molecule has 0 radical (unpaired) electrons. The molecule has 1 aromatic rings. The molecule has 1 heterocycles. The SMILES string of the molecule is NC1c2ccccc2CC1OCC1CCCO1. The zero-order valence-corrected chi connectivity index (χ0v) is 9.97. The summed E-state index contributed by atoms with van der Waals surface area (Å²) in [5, 5.41) is 0. The van der Waals surface area contributed by atoms with Gasteiger partial charge in [-0.2, -0.15) is 0 Å². The van der Waals surface area contributed by atoms with Crippen LogP contribution in [-0.4, -0.2) is 25.4 Å². The van der Waals surface area contributed by atoms with Crippen molar-refractivity contribution in [3.8, 4) is 0 Å². The second kappa shape index (κ2) is 4.77. The predicted octanol–water partition coefficient (Wildman–Crippen LogP) is 1.81. The Kier molecular flexibility index (Phi) is 3.14. The standard InChI is InChI=1S/C14H19NO2/c15-14-12-6-2-1-4-10(12)8-13(14)17-9-11-5-3-7-16-11/h1-2,4,6,11,13-14H,3,5,7-9,15H2. The second-order valence-corrected chi connectivity index (χ2v) is 4.94. The van der Waals surface area contributed by atoms with Crippen molar-refractivity contribution in [1.29, 1.82) is 0 Å². The molecule has 17 heavy (non-hydrogen) atoms. The Bertz CT molecular complexity index is 388. The number of fused-ring (bicyclic) bond motifs is 1. The highest BCUT2D eigenvalue weighted by Gasteiger charge is 2.30. The zero-order valence-electron chi connectivity index (χ0n) is 9.97. The molecule has 92 valence electrons. The van der Waals surface area contributed by atoms with Crippen molar-refractivity contribution in [2.24, 2.45) is 5.73 Å². The summed E-state index contributed by atoms with van der Waals surface area (Å²) in [5.74, 6) is 0. The molecule has 2 N–H and O–H groups in total. The number of nitrogens with two attached hydrogens (primary N) is 1. The Morgan fingerprint density at radius 1 is 1.35 bits per heavy atom. The molecule has 1 aliphatic heterocycles. The number of hydrogen-bond acceptors (Lipinski definition) is 3. The van der Waals surface area contributed by atoms with E-state index >= 15 is 0 Å². The van der Waals surface area contributed by atoms with Crippen LogP contribution in [0.1, 0.15) is 30.0 Å². The first-order chi connectivity index (χ1) is 8.34. The maximum absolute atomic E-state index is 6.21. The molecule has 1 fully saturated rings. The van der Waals surface area contributed by atoms with Gasteiger partial charge in [0.1, 0.15) is 0 Å². The Labute approximate surface area is 102 Å². The Morgan fingerprint density at radius 3 is 3.00 bits per heavy atom. The van der Waals surface area contributed by atoms with Crippen LogP contribution >= 0.6 is 0 Å². The minimum absolute atomic E-state index is 0.0209. The topological polar surface area (TPSA) is 44.5 Å². The van der Waals surface area contributed by atoms with Gasteiger partial charge in [0, 0.05) is 13.0 Å². The highest BCUT2D eigenvalue weighted by atomic mass is 16.5. The average Bonchev–Trinajstić information content (AvgIpc) is 2.96. The summed E-state index contributed by atoms with van der Waals surface area (Å²) in [6.45, 7) is 1.57. The Balaban J connectivity index is 1.59. The quantitative estimate of drug-likeness (QED) is 0.866. The van der Waals surface area contributed by atoms with Crippen molar-refractivity contribution in [1.82, 2.24) is 0 Å². The van der Waals surface area contributed by atoms with E-state index < -0.39 is 0 Å². The Morgan fingerprint density at radius 2 is 2.24 bits per heavy atom. The molecule has 3 rings (SSSR count). The van der Waals surface area contributed by atoms with Crippen molar-refractivity contribution in [2.45, 2.75) is 37.5 Å². The fourth-order valence-electron chi connectivity index (χ4n) is 2.76. The first-order valence-electron chi connectivity index (χ1n) is 6.41. The van der Waals surface area contributed by atoms with Crippen LogP contribution in [-0.2, 0) is 15.9 Å². The van der Waals surface area contributed by atoms with Crippen LogP contribution in [0, 0.1) is 0 Å². The number of ether oxygens (including phenoxy) is 2. The minimum Gasteiger partial charge on any atom is -0.376 e. The van der Waals surface area contributed by atoms with Crippen LogP contribution in [0.3, 0.4) is 0 Å². The number of hydrogen-bond donors (Lipinski definition) is 1. The molecule has 0 aromatic heterocycles. The summed E-state index contributed by atoms with van der Waals surface area (Å²) >= 11 is 0. The molecule has 1 saturated heterocycles. The molecular formula is C14H19NO2. The van der Waals surface area contributed by atoms with Gasteiger partial charge < -0.3 is 15.2 Å². The number of rotatable bonds is 3. The van der Waals surface area contributed by atoms with Crippen molar-refractivity contribution in [3.05, 3.63) is 35.4 Å². The second-order valence-electron chi connectivity index (χ2n) is 4.94. The van der Waals surface area contributed by atoms with Crippen molar-refractivity contribution in [2.75, 3.05) is 13.2 Å². The lowest BCUT2D eigenvalue weighted by molar-refractivity contribution is -0.0249. The third kappa shape index (κ3) is 2.23. The summed E-state index contributed by atoms with van der Waals surface area (Å²) in [4.78, 5) is 0. The van der Waals surface area contributed by atoms with Crippen LogP contribution in [0.5, 0.6) is 0 Å². The van der Waals surface area contributed by atoms with Gasteiger partial charge in [-0.1, -0.05) is 24.3 Å². The molecule has 0 amide bonds. The summed E-state index contributed by atoms with van der Waals surface area (Å²) in [7, 11) is 0. The number of benzene rings is 1. The van der Waals surface area contributed by atoms with E-state index in [1.807, 2.05) is 6.07 Å². The molecule has 1 aliphatic carbocycles. The van der Waals surface area contributed by atoms with Gasteiger partial charge in [-0.05, 0) is 24.0 Å². The van der Waals surface area contributed by atoms with E-state index in [1.54, 1.807) is 0 Å². The molecule has 0 spiro atoms. The van der Waals surface area contributed by atoms with E-state index in [2.05, 4.69) is 18.2 Å². The summed E-state index contributed by atoms with van der Waals surface area (Å²) < 4.78 is 11.5. The normalized spacial score (nSPS) is 31.7. The summed E-state index contributed by atoms with van der Waals surface area (Å²) in [5.41, 5.74) is 8.78. The average molecular weight is 233 g/mol. The molecule has 3 unspecified atom stereocenters. The molecule has 3 atom stereocenters. The molecular weight excluding hydrogens is 214 g/mol. The Hall–Kier alpha value is -0.900. The van der Waals surface area contributed by atoms with Gasteiger partial charge >= 0.3 is 0 Å². The molecule has 0 bridgehead atoms. The van der Waals surface area contributed by atoms with E-state index in [4.69, 9.17) is 15.2 Å². The first kappa shape index (κ1) is 11.2. The summed E-state index contributed by atoms with van der Waals surface area (Å²) in [6, 6.07) is 8.38. The van der Waals surface area contributed by atoms with E-state index in [1.165, 1.54) is 11.1 Å². The lowest BCUT2D eigenvalue weighted by Crippen LogP contribution is -2.28. The van der Waals surface area contributed by atoms with Gasteiger partial charge in [-0.15, -0.1) is 0 Å². The van der Waals surface area contributed by atoms with Gasteiger partial charge in [0.15, 0.2) is 0 Å².